The van der Waals surface area contributed by atoms with Crippen LogP contribution in [0.1, 0.15) is 11.3 Å². The lowest BCUT2D eigenvalue weighted by atomic mass is 10.2. The normalized spacial score (nSPS) is 10.9. The largest absolute Gasteiger partial charge is 0.453 e. The predicted octanol–water partition coefficient (Wildman–Crippen LogP) is 2.45. The molecular formula is C18H15N7O. The van der Waals surface area contributed by atoms with Gasteiger partial charge in [-0.15, -0.1) is 0 Å². The molecule has 3 heterocycles. The van der Waals surface area contributed by atoms with E-state index in [1.165, 1.54) is 0 Å². The van der Waals surface area contributed by atoms with Crippen LogP contribution in [0.3, 0.4) is 0 Å². The van der Waals surface area contributed by atoms with Gasteiger partial charge in [0.25, 0.3) is 0 Å². The summed E-state index contributed by atoms with van der Waals surface area (Å²) in [5, 5.41) is 14.9. The summed E-state index contributed by atoms with van der Waals surface area (Å²) in [5.74, 6) is 1.72. The molecule has 0 aliphatic rings. The summed E-state index contributed by atoms with van der Waals surface area (Å²) in [4.78, 5) is 11.8. The van der Waals surface area contributed by atoms with Crippen LogP contribution >= 0.6 is 0 Å². The number of H-pyrrole nitrogens is 1. The lowest BCUT2D eigenvalue weighted by molar-refractivity contribution is 0.593. The molecule has 0 fully saturated rings. The first-order valence-electron chi connectivity index (χ1n) is 7.76. The molecule has 0 aliphatic carbocycles. The maximum Gasteiger partial charge on any atom is 0.174 e. The van der Waals surface area contributed by atoms with Gasteiger partial charge in [-0.3, -0.25) is 15.8 Å². The van der Waals surface area contributed by atoms with Gasteiger partial charge in [0.15, 0.2) is 11.6 Å². The number of hydrogen-bond donors (Lipinski definition) is 5. The van der Waals surface area contributed by atoms with Crippen LogP contribution < -0.4 is 11.5 Å². The van der Waals surface area contributed by atoms with Crippen molar-refractivity contribution in [1.82, 2.24) is 15.0 Å². The van der Waals surface area contributed by atoms with E-state index in [4.69, 9.17) is 26.7 Å². The molecular weight excluding hydrogens is 330 g/mol. The molecule has 8 nitrogen and oxygen atoms in total. The molecule has 1 aromatic carbocycles. The Morgan fingerprint density at radius 3 is 2.46 bits per heavy atom. The van der Waals surface area contributed by atoms with Crippen molar-refractivity contribution in [3.8, 4) is 22.9 Å². The summed E-state index contributed by atoms with van der Waals surface area (Å²) in [6.45, 7) is 0. The maximum atomic E-state index is 7.52. The average molecular weight is 345 g/mol. The molecule has 4 aromatic rings. The minimum absolute atomic E-state index is 0.00448. The van der Waals surface area contributed by atoms with Gasteiger partial charge in [0.1, 0.15) is 23.1 Å². The van der Waals surface area contributed by atoms with Crippen LogP contribution in [-0.2, 0) is 0 Å². The van der Waals surface area contributed by atoms with Gasteiger partial charge in [-0.1, -0.05) is 0 Å². The van der Waals surface area contributed by atoms with Crippen LogP contribution in [0.25, 0.3) is 33.9 Å². The third-order valence-corrected chi connectivity index (χ3v) is 3.96. The summed E-state index contributed by atoms with van der Waals surface area (Å²) < 4.78 is 5.88. The van der Waals surface area contributed by atoms with E-state index in [1.54, 1.807) is 36.5 Å². The summed E-state index contributed by atoms with van der Waals surface area (Å²) in [6, 6.07) is 12.5. The number of fused-ring (bicyclic) bond motifs is 1. The predicted molar refractivity (Wildman–Crippen MR) is 99.1 cm³/mol. The number of amidine groups is 2. The summed E-state index contributed by atoms with van der Waals surface area (Å²) in [5.41, 5.74) is 14.3. The molecule has 0 unspecified atom stereocenters. The molecule has 0 radical (unpaired) electrons. The third kappa shape index (κ3) is 2.69. The number of furan rings is 1. The first kappa shape index (κ1) is 15.6. The maximum absolute atomic E-state index is 7.52. The molecule has 26 heavy (non-hydrogen) atoms. The molecule has 3 aromatic heterocycles. The van der Waals surface area contributed by atoms with E-state index in [9.17, 15) is 0 Å². The van der Waals surface area contributed by atoms with Crippen LogP contribution in [-0.4, -0.2) is 26.6 Å². The van der Waals surface area contributed by atoms with Gasteiger partial charge in [-0.05, 0) is 42.5 Å². The fourth-order valence-electron chi connectivity index (χ4n) is 2.61. The highest BCUT2D eigenvalue weighted by molar-refractivity contribution is 5.98. The quantitative estimate of drug-likeness (QED) is 0.284. The third-order valence-electron chi connectivity index (χ3n) is 3.96. The van der Waals surface area contributed by atoms with Crippen molar-refractivity contribution < 1.29 is 4.42 Å². The highest BCUT2D eigenvalue weighted by Crippen LogP contribution is 2.28. The Morgan fingerprint density at radius 2 is 1.77 bits per heavy atom. The fraction of sp³-hybridized carbons (Fsp3) is 0. The number of pyridine rings is 1. The molecule has 0 bridgehead atoms. The van der Waals surface area contributed by atoms with E-state index in [0.29, 0.717) is 28.6 Å². The fourth-order valence-corrected chi connectivity index (χ4v) is 2.61. The number of nitrogen functional groups attached to an aromatic ring is 2. The second-order valence-corrected chi connectivity index (χ2v) is 5.74. The summed E-state index contributed by atoms with van der Waals surface area (Å²) >= 11 is 0. The average Bonchev–Trinajstić information content (AvgIpc) is 3.27. The minimum atomic E-state index is -0.0797. The van der Waals surface area contributed by atoms with Gasteiger partial charge >= 0.3 is 0 Å². The van der Waals surface area contributed by atoms with Crippen molar-refractivity contribution in [3.63, 3.8) is 0 Å². The molecule has 0 aliphatic heterocycles. The molecule has 0 spiro atoms. The van der Waals surface area contributed by atoms with E-state index in [1.807, 2.05) is 12.1 Å². The SMILES string of the molecule is N=C(N)c1ccc2nc(-c3ccc(-c4ccc(C(=N)N)nc4)o3)[nH]c2c1. The lowest BCUT2D eigenvalue weighted by Crippen LogP contribution is -2.12. The van der Waals surface area contributed by atoms with Crippen LogP contribution in [0.15, 0.2) is 53.1 Å². The van der Waals surface area contributed by atoms with Gasteiger partial charge in [-0.25, -0.2) is 4.98 Å². The van der Waals surface area contributed by atoms with Crippen LogP contribution in [0.2, 0.25) is 0 Å². The highest BCUT2D eigenvalue weighted by atomic mass is 16.3. The van der Waals surface area contributed by atoms with E-state index in [0.717, 1.165) is 16.6 Å². The number of aromatic nitrogens is 3. The zero-order valence-electron chi connectivity index (χ0n) is 13.6. The van der Waals surface area contributed by atoms with E-state index in [2.05, 4.69) is 15.0 Å². The van der Waals surface area contributed by atoms with Gasteiger partial charge in [0.2, 0.25) is 0 Å². The Balaban J connectivity index is 1.68. The second-order valence-electron chi connectivity index (χ2n) is 5.74. The van der Waals surface area contributed by atoms with Crippen molar-refractivity contribution in [1.29, 1.82) is 10.8 Å². The van der Waals surface area contributed by atoms with Crippen molar-refractivity contribution in [2.45, 2.75) is 0 Å². The molecule has 0 saturated heterocycles. The molecule has 8 heteroatoms. The second kappa shape index (κ2) is 5.85. The Bertz CT molecular complexity index is 1140. The van der Waals surface area contributed by atoms with Crippen molar-refractivity contribution in [2.75, 3.05) is 0 Å². The van der Waals surface area contributed by atoms with Crippen LogP contribution in [0, 0.1) is 10.8 Å². The van der Waals surface area contributed by atoms with Gasteiger partial charge in [0, 0.05) is 17.3 Å². The van der Waals surface area contributed by atoms with E-state index >= 15 is 0 Å². The lowest BCUT2D eigenvalue weighted by Gasteiger charge is -1.99. The Labute approximate surface area is 147 Å². The Kier molecular flexibility index (Phi) is 3.51. The highest BCUT2D eigenvalue weighted by Gasteiger charge is 2.12. The molecule has 4 rings (SSSR count). The number of nitrogens with one attached hydrogen (secondary N) is 3. The Morgan fingerprint density at radius 1 is 0.962 bits per heavy atom. The standard InChI is InChI=1S/C18H15N7O/c19-16(20)9-1-3-11-13(7-9)25-18(24-11)15-6-5-14(26-15)10-2-4-12(17(21)22)23-8-10/h1-8H,(H3,19,20)(H3,21,22)(H,24,25). The summed E-state index contributed by atoms with van der Waals surface area (Å²) in [6.07, 6.45) is 1.61. The number of aromatic amines is 1. The number of imidazole rings is 1. The van der Waals surface area contributed by atoms with Gasteiger partial charge < -0.3 is 20.9 Å². The molecule has 0 amide bonds. The number of rotatable bonds is 4. The number of nitrogens with two attached hydrogens (primary N) is 2. The van der Waals surface area contributed by atoms with Crippen LogP contribution in [0.5, 0.6) is 0 Å². The zero-order valence-corrected chi connectivity index (χ0v) is 13.6. The summed E-state index contributed by atoms with van der Waals surface area (Å²) in [7, 11) is 0. The number of nitrogens with zero attached hydrogens (tertiary/aromatic N) is 2. The van der Waals surface area contributed by atoms with Gasteiger partial charge in [0.05, 0.1) is 11.0 Å². The van der Waals surface area contributed by atoms with Crippen molar-refractivity contribution in [2.24, 2.45) is 11.5 Å². The number of hydrogen-bond acceptors (Lipinski definition) is 5. The number of benzene rings is 1. The monoisotopic (exact) mass is 345 g/mol. The van der Waals surface area contributed by atoms with Crippen molar-refractivity contribution in [3.05, 3.63) is 59.9 Å². The smallest absolute Gasteiger partial charge is 0.174 e. The first-order valence-corrected chi connectivity index (χ1v) is 7.76. The topological polar surface area (TPSA) is 154 Å². The molecule has 0 saturated carbocycles. The van der Waals surface area contributed by atoms with Gasteiger partial charge in [-0.2, -0.15) is 0 Å². The van der Waals surface area contributed by atoms with E-state index in [-0.39, 0.29) is 11.7 Å². The first-order chi connectivity index (χ1) is 12.5. The van der Waals surface area contributed by atoms with Crippen LogP contribution in [0.4, 0.5) is 0 Å². The molecule has 128 valence electrons. The minimum Gasteiger partial charge on any atom is -0.453 e. The van der Waals surface area contributed by atoms with Crippen molar-refractivity contribution >= 4 is 22.7 Å². The Hall–Kier alpha value is -3.94. The van der Waals surface area contributed by atoms with E-state index < -0.39 is 0 Å². The zero-order chi connectivity index (χ0) is 18.3. The molecule has 7 N–H and O–H groups in total. The molecule has 0 atom stereocenters.